The summed E-state index contributed by atoms with van der Waals surface area (Å²) < 4.78 is 28.5. The number of nitrogens with two attached hydrogens (primary N) is 1. The second kappa shape index (κ2) is 15.1. The topological polar surface area (TPSA) is 142 Å². The number of hydrogen-bond donors (Lipinski definition) is 5. The van der Waals surface area contributed by atoms with Crippen molar-refractivity contribution in [2.75, 3.05) is 26.3 Å². The quantitative estimate of drug-likeness (QED) is 0.213. The number of primary sulfonamides is 1. The SMILES string of the molecule is NS(=O)(=O)c1cccc(CCCCOCCCCCCNC[C@H](O)c2ccc(O)c(CO)c2)c1. The number of benzene rings is 2. The number of unbranched alkanes of at least 4 members (excludes halogenated alkanes) is 4. The van der Waals surface area contributed by atoms with Gasteiger partial charge in [-0.1, -0.05) is 31.0 Å². The lowest BCUT2D eigenvalue weighted by Gasteiger charge is -2.14. The Morgan fingerprint density at radius 3 is 2.44 bits per heavy atom. The second-order valence-corrected chi connectivity index (χ2v) is 10.0. The standard InChI is InChI=1S/C25H38N2O6S/c26-34(31,32)23-10-7-9-20(16-23)8-3-6-15-33-14-5-2-1-4-13-27-18-25(30)21-11-12-24(29)22(17-21)19-28/h7,9-12,16-17,25,27-30H,1-6,8,13-15,18-19H2,(H2,26,31,32)/t25-/m0/s1. The monoisotopic (exact) mass is 494 g/mol. The lowest BCUT2D eigenvalue weighted by molar-refractivity contribution is 0.126. The molecule has 0 aliphatic heterocycles. The molecule has 0 unspecified atom stereocenters. The highest BCUT2D eigenvalue weighted by Crippen LogP contribution is 2.22. The molecule has 0 fully saturated rings. The molecule has 34 heavy (non-hydrogen) atoms. The molecule has 2 aromatic rings. The molecule has 0 spiro atoms. The number of rotatable bonds is 17. The van der Waals surface area contributed by atoms with Crippen LogP contribution in [0.2, 0.25) is 0 Å². The number of aliphatic hydroxyl groups excluding tert-OH is 2. The molecule has 0 aliphatic carbocycles. The number of aromatic hydroxyl groups is 1. The van der Waals surface area contributed by atoms with E-state index >= 15 is 0 Å². The van der Waals surface area contributed by atoms with Gasteiger partial charge >= 0.3 is 0 Å². The van der Waals surface area contributed by atoms with E-state index in [0.29, 0.717) is 24.3 Å². The molecule has 9 heteroatoms. The third-order valence-electron chi connectivity index (χ3n) is 5.62. The van der Waals surface area contributed by atoms with Crippen molar-refractivity contribution in [3.8, 4) is 5.75 Å². The van der Waals surface area contributed by atoms with Gasteiger partial charge in [-0.3, -0.25) is 0 Å². The van der Waals surface area contributed by atoms with Gasteiger partial charge in [0.15, 0.2) is 0 Å². The molecule has 0 saturated carbocycles. The first-order chi connectivity index (χ1) is 16.3. The van der Waals surface area contributed by atoms with Gasteiger partial charge in [0.05, 0.1) is 17.6 Å². The van der Waals surface area contributed by atoms with E-state index in [0.717, 1.165) is 63.7 Å². The number of aryl methyl sites for hydroxylation is 1. The van der Waals surface area contributed by atoms with Gasteiger partial charge in [0.2, 0.25) is 10.0 Å². The van der Waals surface area contributed by atoms with Crippen LogP contribution in [0.5, 0.6) is 5.75 Å². The van der Waals surface area contributed by atoms with Gasteiger partial charge in [-0.2, -0.15) is 0 Å². The van der Waals surface area contributed by atoms with Crippen LogP contribution < -0.4 is 10.5 Å². The van der Waals surface area contributed by atoms with Gasteiger partial charge in [0, 0.05) is 25.3 Å². The first kappa shape index (κ1) is 28.2. The Kier molecular flexibility index (Phi) is 12.5. The predicted molar refractivity (Wildman–Crippen MR) is 132 cm³/mol. The number of nitrogens with one attached hydrogen (secondary N) is 1. The minimum atomic E-state index is -3.66. The highest BCUT2D eigenvalue weighted by molar-refractivity contribution is 7.89. The van der Waals surface area contributed by atoms with Gasteiger partial charge in [0.25, 0.3) is 0 Å². The fourth-order valence-corrected chi connectivity index (χ4v) is 4.20. The van der Waals surface area contributed by atoms with E-state index in [1.54, 1.807) is 24.3 Å². The molecule has 0 bridgehead atoms. The summed E-state index contributed by atoms with van der Waals surface area (Å²) in [7, 11) is -3.66. The van der Waals surface area contributed by atoms with Crippen LogP contribution in [-0.4, -0.2) is 50.0 Å². The van der Waals surface area contributed by atoms with Crippen molar-refractivity contribution in [2.45, 2.75) is 62.6 Å². The zero-order valence-electron chi connectivity index (χ0n) is 19.7. The highest BCUT2D eigenvalue weighted by atomic mass is 32.2. The van der Waals surface area contributed by atoms with Crippen molar-refractivity contribution in [1.82, 2.24) is 5.32 Å². The molecule has 190 valence electrons. The highest BCUT2D eigenvalue weighted by Gasteiger charge is 2.10. The van der Waals surface area contributed by atoms with Crippen LogP contribution in [0.3, 0.4) is 0 Å². The third-order valence-corrected chi connectivity index (χ3v) is 6.53. The van der Waals surface area contributed by atoms with E-state index in [4.69, 9.17) is 9.88 Å². The summed E-state index contributed by atoms with van der Waals surface area (Å²) in [5.41, 5.74) is 2.04. The summed E-state index contributed by atoms with van der Waals surface area (Å²) in [6.07, 6.45) is 6.16. The fourth-order valence-electron chi connectivity index (χ4n) is 3.62. The van der Waals surface area contributed by atoms with Crippen LogP contribution in [0.25, 0.3) is 0 Å². The first-order valence-corrected chi connectivity index (χ1v) is 13.4. The van der Waals surface area contributed by atoms with E-state index in [1.165, 1.54) is 12.1 Å². The van der Waals surface area contributed by atoms with Crippen LogP contribution in [0.1, 0.15) is 61.3 Å². The Balaban J connectivity index is 1.43. The Morgan fingerprint density at radius 2 is 1.71 bits per heavy atom. The van der Waals surface area contributed by atoms with Crippen LogP contribution in [0.4, 0.5) is 0 Å². The molecular weight excluding hydrogens is 456 g/mol. The predicted octanol–water partition coefficient (Wildman–Crippen LogP) is 2.75. The van der Waals surface area contributed by atoms with E-state index in [1.807, 2.05) is 6.07 Å². The summed E-state index contributed by atoms with van der Waals surface area (Å²) in [5.74, 6) is 0.0310. The summed E-state index contributed by atoms with van der Waals surface area (Å²) >= 11 is 0. The summed E-state index contributed by atoms with van der Waals surface area (Å²) in [4.78, 5) is 0.154. The van der Waals surface area contributed by atoms with Crippen molar-refractivity contribution >= 4 is 10.0 Å². The average molecular weight is 495 g/mol. The largest absolute Gasteiger partial charge is 0.508 e. The molecule has 8 nitrogen and oxygen atoms in total. The molecule has 0 aromatic heterocycles. The lowest BCUT2D eigenvalue weighted by atomic mass is 10.1. The minimum absolute atomic E-state index is 0.0310. The van der Waals surface area contributed by atoms with Crippen molar-refractivity contribution in [2.24, 2.45) is 5.14 Å². The second-order valence-electron chi connectivity index (χ2n) is 8.44. The number of aliphatic hydroxyl groups is 2. The van der Waals surface area contributed by atoms with Crippen LogP contribution in [-0.2, 0) is 27.8 Å². The average Bonchev–Trinajstić information content (AvgIpc) is 2.81. The van der Waals surface area contributed by atoms with Gasteiger partial charge in [0.1, 0.15) is 5.75 Å². The molecule has 2 rings (SSSR count). The Morgan fingerprint density at radius 1 is 0.971 bits per heavy atom. The smallest absolute Gasteiger partial charge is 0.238 e. The Hall–Kier alpha value is -2.01. The first-order valence-electron chi connectivity index (χ1n) is 11.8. The summed E-state index contributed by atoms with van der Waals surface area (Å²) in [6.45, 7) is 2.41. The maximum Gasteiger partial charge on any atom is 0.238 e. The van der Waals surface area contributed by atoms with E-state index in [2.05, 4.69) is 5.32 Å². The van der Waals surface area contributed by atoms with E-state index in [9.17, 15) is 23.7 Å². The Bertz CT molecular complexity index is 968. The number of phenols is 1. The van der Waals surface area contributed by atoms with Gasteiger partial charge in [-0.05, 0) is 74.0 Å². The third kappa shape index (κ3) is 10.5. The van der Waals surface area contributed by atoms with Gasteiger partial charge in [-0.25, -0.2) is 13.6 Å². The van der Waals surface area contributed by atoms with Gasteiger partial charge < -0.3 is 25.4 Å². The van der Waals surface area contributed by atoms with Crippen molar-refractivity contribution in [3.05, 3.63) is 59.2 Å². The maximum absolute atomic E-state index is 11.4. The molecule has 1 atom stereocenters. The molecular formula is C25H38N2O6S. The lowest BCUT2D eigenvalue weighted by Crippen LogP contribution is -2.22. The molecule has 0 amide bonds. The normalized spacial score (nSPS) is 12.7. The number of hydrogen-bond acceptors (Lipinski definition) is 7. The molecule has 0 aliphatic rings. The fraction of sp³-hybridized carbons (Fsp3) is 0.520. The minimum Gasteiger partial charge on any atom is -0.508 e. The van der Waals surface area contributed by atoms with Crippen LogP contribution >= 0.6 is 0 Å². The molecule has 2 aromatic carbocycles. The molecule has 0 heterocycles. The Labute approximate surface area is 202 Å². The van der Waals surface area contributed by atoms with E-state index < -0.39 is 16.1 Å². The van der Waals surface area contributed by atoms with Crippen molar-refractivity contribution in [3.63, 3.8) is 0 Å². The number of sulfonamides is 1. The summed E-state index contributed by atoms with van der Waals surface area (Å²) in [5, 5.41) is 37.4. The zero-order valence-corrected chi connectivity index (χ0v) is 20.5. The molecule has 0 radical (unpaired) electrons. The zero-order chi connectivity index (χ0) is 24.8. The van der Waals surface area contributed by atoms with Crippen LogP contribution in [0, 0.1) is 0 Å². The van der Waals surface area contributed by atoms with Gasteiger partial charge in [-0.15, -0.1) is 0 Å². The number of ether oxygens (including phenoxy) is 1. The van der Waals surface area contributed by atoms with Crippen LogP contribution in [0.15, 0.2) is 47.4 Å². The molecule has 6 N–H and O–H groups in total. The summed E-state index contributed by atoms with van der Waals surface area (Å²) in [6, 6.07) is 11.5. The van der Waals surface area contributed by atoms with Crippen molar-refractivity contribution in [1.29, 1.82) is 0 Å². The van der Waals surface area contributed by atoms with Crippen molar-refractivity contribution < 1.29 is 28.5 Å². The maximum atomic E-state index is 11.4. The van der Waals surface area contributed by atoms with E-state index in [-0.39, 0.29) is 17.3 Å². The molecule has 0 saturated heterocycles.